The molecule has 4 nitrogen and oxygen atoms in total. The van der Waals surface area contributed by atoms with Gasteiger partial charge in [-0.3, -0.25) is 4.90 Å². The van der Waals surface area contributed by atoms with Crippen LogP contribution in [-0.2, 0) is 6.54 Å². The van der Waals surface area contributed by atoms with E-state index in [0.29, 0.717) is 19.1 Å². The Morgan fingerprint density at radius 3 is 2.62 bits per heavy atom. The van der Waals surface area contributed by atoms with Gasteiger partial charge in [-0.05, 0) is 25.3 Å². The predicted octanol–water partition coefficient (Wildman–Crippen LogP) is 3.38. The Morgan fingerprint density at radius 1 is 1.04 bits per heavy atom. The van der Waals surface area contributed by atoms with Crippen LogP contribution in [0.3, 0.4) is 0 Å². The molecular weight excluding hydrogens is 305 g/mol. The number of hydrogen-bond donors (Lipinski definition) is 1. The van der Waals surface area contributed by atoms with Crippen LogP contribution < -0.4 is 5.32 Å². The van der Waals surface area contributed by atoms with E-state index in [0.717, 1.165) is 44.5 Å². The molecule has 1 N–H and O–H groups in total. The number of rotatable bonds is 3. The zero-order valence-electron chi connectivity index (χ0n) is 14.3. The lowest BCUT2D eigenvalue weighted by Gasteiger charge is -2.27. The van der Waals surface area contributed by atoms with E-state index in [2.05, 4.69) is 10.2 Å². The van der Waals surface area contributed by atoms with Crippen molar-refractivity contribution < 1.29 is 9.18 Å². The largest absolute Gasteiger partial charge is 0.335 e. The summed E-state index contributed by atoms with van der Waals surface area (Å²) in [6.07, 6.45) is 6.90. The van der Waals surface area contributed by atoms with E-state index in [4.69, 9.17) is 0 Å². The topological polar surface area (TPSA) is 35.6 Å². The number of benzene rings is 1. The molecule has 1 heterocycles. The minimum Gasteiger partial charge on any atom is -0.335 e. The number of halogens is 1. The Balaban J connectivity index is 1.49. The maximum Gasteiger partial charge on any atom is 0.317 e. The summed E-state index contributed by atoms with van der Waals surface area (Å²) in [5.41, 5.74) is 0.734. The summed E-state index contributed by atoms with van der Waals surface area (Å²) in [7, 11) is 0. The normalized spacial score (nSPS) is 20.6. The van der Waals surface area contributed by atoms with E-state index in [9.17, 15) is 9.18 Å². The van der Waals surface area contributed by atoms with Crippen LogP contribution in [-0.4, -0.2) is 48.1 Å². The minimum atomic E-state index is -0.145. The molecule has 0 spiro atoms. The molecule has 2 amide bonds. The number of amides is 2. The van der Waals surface area contributed by atoms with Crippen molar-refractivity contribution in [2.24, 2.45) is 0 Å². The maximum absolute atomic E-state index is 13.8. The molecule has 0 aromatic heterocycles. The van der Waals surface area contributed by atoms with E-state index in [1.165, 1.54) is 25.3 Å². The van der Waals surface area contributed by atoms with Gasteiger partial charge >= 0.3 is 6.03 Å². The van der Waals surface area contributed by atoms with Crippen molar-refractivity contribution in [1.82, 2.24) is 15.1 Å². The Kier molecular flexibility index (Phi) is 6.07. The van der Waals surface area contributed by atoms with Gasteiger partial charge in [-0.2, -0.15) is 0 Å². The first-order valence-electron chi connectivity index (χ1n) is 9.23. The fourth-order valence-electron chi connectivity index (χ4n) is 3.71. The monoisotopic (exact) mass is 333 g/mol. The van der Waals surface area contributed by atoms with Crippen LogP contribution >= 0.6 is 0 Å². The van der Waals surface area contributed by atoms with Gasteiger partial charge in [0.05, 0.1) is 0 Å². The molecule has 0 radical (unpaired) electrons. The molecule has 1 aromatic carbocycles. The van der Waals surface area contributed by atoms with Gasteiger partial charge < -0.3 is 10.2 Å². The number of nitrogens with one attached hydrogen (secondary N) is 1. The summed E-state index contributed by atoms with van der Waals surface area (Å²) in [6.45, 7) is 3.82. The number of hydrogen-bond acceptors (Lipinski definition) is 2. The number of nitrogens with zero attached hydrogens (tertiary/aromatic N) is 2. The van der Waals surface area contributed by atoms with Gasteiger partial charge in [0.25, 0.3) is 0 Å². The molecule has 2 aliphatic rings. The summed E-state index contributed by atoms with van der Waals surface area (Å²) < 4.78 is 13.8. The second-order valence-corrected chi connectivity index (χ2v) is 6.99. The van der Waals surface area contributed by atoms with Crippen LogP contribution in [0.1, 0.15) is 44.1 Å². The van der Waals surface area contributed by atoms with Crippen LogP contribution in [0, 0.1) is 5.82 Å². The first-order chi connectivity index (χ1) is 11.7. The molecule has 132 valence electrons. The van der Waals surface area contributed by atoms with Crippen molar-refractivity contribution in [2.75, 3.05) is 26.2 Å². The molecule has 0 bridgehead atoms. The molecule has 1 saturated carbocycles. The molecule has 3 rings (SSSR count). The van der Waals surface area contributed by atoms with Crippen molar-refractivity contribution in [3.63, 3.8) is 0 Å². The Labute approximate surface area is 144 Å². The minimum absolute atomic E-state index is 0.0784. The molecule has 1 saturated heterocycles. The first kappa shape index (κ1) is 17.2. The molecule has 2 fully saturated rings. The predicted molar refractivity (Wildman–Crippen MR) is 93.3 cm³/mol. The van der Waals surface area contributed by atoms with Crippen LogP contribution in [0.5, 0.6) is 0 Å². The van der Waals surface area contributed by atoms with Crippen LogP contribution in [0.4, 0.5) is 9.18 Å². The first-order valence-corrected chi connectivity index (χ1v) is 9.23. The molecule has 24 heavy (non-hydrogen) atoms. The average molecular weight is 333 g/mol. The van der Waals surface area contributed by atoms with Gasteiger partial charge in [-0.15, -0.1) is 0 Å². The quantitative estimate of drug-likeness (QED) is 0.920. The van der Waals surface area contributed by atoms with E-state index in [1.807, 2.05) is 17.0 Å². The summed E-state index contributed by atoms with van der Waals surface area (Å²) in [6, 6.07) is 7.38. The van der Waals surface area contributed by atoms with Crippen molar-refractivity contribution in [3.8, 4) is 0 Å². The van der Waals surface area contributed by atoms with Crippen molar-refractivity contribution in [1.29, 1.82) is 0 Å². The molecule has 5 heteroatoms. The van der Waals surface area contributed by atoms with Crippen LogP contribution in [0.25, 0.3) is 0 Å². The summed E-state index contributed by atoms with van der Waals surface area (Å²) in [5.74, 6) is -0.145. The molecule has 1 aromatic rings. The zero-order valence-corrected chi connectivity index (χ0v) is 14.3. The van der Waals surface area contributed by atoms with E-state index in [-0.39, 0.29) is 11.8 Å². The van der Waals surface area contributed by atoms with Gasteiger partial charge in [-0.1, -0.05) is 37.5 Å². The molecule has 0 unspecified atom stereocenters. The summed E-state index contributed by atoms with van der Waals surface area (Å²) >= 11 is 0. The average Bonchev–Trinajstić information content (AvgIpc) is 2.84. The number of carbonyl (C=O) groups is 1. The Morgan fingerprint density at radius 2 is 1.83 bits per heavy atom. The third-order valence-electron chi connectivity index (χ3n) is 5.16. The lowest BCUT2D eigenvalue weighted by molar-refractivity contribution is 0.190. The zero-order chi connectivity index (χ0) is 16.8. The van der Waals surface area contributed by atoms with E-state index in [1.54, 1.807) is 6.07 Å². The lowest BCUT2D eigenvalue weighted by atomic mass is 9.96. The third kappa shape index (κ3) is 4.69. The second-order valence-electron chi connectivity index (χ2n) is 6.99. The number of carbonyl (C=O) groups excluding carboxylic acids is 1. The second kappa shape index (κ2) is 8.47. The highest BCUT2D eigenvalue weighted by atomic mass is 19.1. The molecular formula is C19H28FN3O. The maximum atomic E-state index is 13.8. The van der Waals surface area contributed by atoms with Crippen LogP contribution in [0.2, 0.25) is 0 Å². The highest BCUT2D eigenvalue weighted by Crippen LogP contribution is 2.18. The summed E-state index contributed by atoms with van der Waals surface area (Å²) in [5, 5.41) is 3.20. The van der Waals surface area contributed by atoms with Gasteiger partial charge in [0.2, 0.25) is 0 Å². The molecule has 0 atom stereocenters. The Hall–Kier alpha value is -1.62. The number of urea groups is 1. The van der Waals surface area contributed by atoms with Crippen molar-refractivity contribution in [2.45, 2.75) is 51.1 Å². The third-order valence-corrected chi connectivity index (χ3v) is 5.16. The Bertz CT molecular complexity index is 545. The fourth-order valence-corrected chi connectivity index (χ4v) is 3.71. The van der Waals surface area contributed by atoms with Crippen molar-refractivity contribution in [3.05, 3.63) is 35.6 Å². The van der Waals surface area contributed by atoms with E-state index >= 15 is 0 Å². The highest BCUT2D eigenvalue weighted by molar-refractivity contribution is 5.74. The van der Waals surface area contributed by atoms with E-state index < -0.39 is 0 Å². The molecule has 1 aliphatic heterocycles. The van der Waals surface area contributed by atoms with Gasteiger partial charge in [0.1, 0.15) is 5.82 Å². The highest BCUT2D eigenvalue weighted by Gasteiger charge is 2.22. The smallest absolute Gasteiger partial charge is 0.317 e. The lowest BCUT2D eigenvalue weighted by Crippen LogP contribution is -2.46. The van der Waals surface area contributed by atoms with Crippen LogP contribution in [0.15, 0.2) is 24.3 Å². The van der Waals surface area contributed by atoms with Crippen molar-refractivity contribution >= 4 is 6.03 Å². The summed E-state index contributed by atoms with van der Waals surface area (Å²) in [4.78, 5) is 16.6. The van der Waals surface area contributed by atoms with Gasteiger partial charge in [-0.25, -0.2) is 9.18 Å². The fraction of sp³-hybridized carbons (Fsp3) is 0.632. The SMILES string of the molecule is O=C(NC1CCCCC1)N1CCCN(Cc2ccccc2F)CC1. The standard InChI is InChI=1S/C19H28FN3O/c20-18-10-5-4-7-16(18)15-22-11-6-12-23(14-13-22)19(24)21-17-8-2-1-3-9-17/h4-5,7,10,17H,1-3,6,8-9,11-15H2,(H,21,24). The van der Waals surface area contributed by atoms with Gasteiger partial charge in [0.15, 0.2) is 0 Å². The molecule has 1 aliphatic carbocycles. The van der Waals surface area contributed by atoms with Gasteiger partial charge in [0, 0.05) is 44.3 Å².